The number of benzene rings is 1. The van der Waals surface area contributed by atoms with Crippen molar-refractivity contribution >= 4 is 11.6 Å². The number of aromatic nitrogens is 2. The zero-order chi connectivity index (χ0) is 16.1. The number of nitrogens with one attached hydrogen (secondary N) is 1. The van der Waals surface area contributed by atoms with Crippen molar-refractivity contribution in [3.8, 4) is 0 Å². The highest BCUT2D eigenvalue weighted by molar-refractivity contribution is 6.04. The van der Waals surface area contributed by atoms with Crippen LogP contribution >= 0.6 is 0 Å². The van der Waals surface area contributed by atoms with Gasteiger partial charge in [0.15, 0.2) is 0 Å². The maximum absolute atomic E-state index is 12.4. The van der Waals surface area contributed by atoms with Crippen LogP contribution in [-0.4, -0.2) is 20.8 Å². The van der Waals surface area contributed by atoms with Crippen LogP contribution in [0.1, 0.15) is 41.9 Å². The van der Waals surface area contributed by atoms with E-state index in [0.717, 1.165) is 24.2 Å². The van der Waals surface area contributed by atoms with E-state index >= 15 is 0 Å². The minimum Gasteiger partial charge on any atom is -0.392 e. The molecular weight excluding hydrogens is 278 g/mol. The molecule has 0 aliphatic carbocycles. The largest absolute Gasteiger partial charge is 0.392 e. The monoisotopic (exact) mass is 301 g/mol. The second kappa shape index (κ2) is 7.22. The van der Waals surface area contributed by atoms with Crippen molar-refractivity contribution < 1.29 is 9.90 Å². The Kier molecular flexibility index (Phi) is 5.33. The van der Waals surface area contributed by atoms with E-state index < -0.39 is 0 Å². The number of hydrogen-bond acceptors (Lipinski definition) is 3. The number of aryl methyl sites for hydroxylation is 1. The molecule has 1 amide bonds. The molecule has 0 radical (unpaired) electrons. The number of carbonyl (C=O) groups is 1. The number of aliphatic hydroxyl groups excluding tert-OH is 1. The highest BCUT2D eigenvalue weighted by atomic mass is 16.3. The summed E-state index contributed by atoms with van der Waals surface area (Å²) in [5.41, 5.74) is 2.89. The van der Waals surface area contributed by atoms with Crippen LogP contribution in [0.3, 0.4) is 0 Å². The van der Waals surface area contributed by atoms with Crippen LogP contribution in [0.15, 0.2) is 30.5 Å². The van der Waals surface area contributed by atoms with Crippen molar-refractivity contribution in [1.29, 1.82) is 0 Å². The fraction of sp³-hybridized carbons (Fsp3) is 0.412. The molecule has 0 fully saturated rings. The van der Waals surface area contributed by atoms with E-state index in [1.807, 2.05) is 17.7 Å². The first-order valence-corrected chi connectivity index (χ1v) is 7.54. The number of carbonyl (C=O) groups excluding carboxylic acids is 1. The van der Waals surface area contributed by atoms with Crippen LogP contribution in [-0.2, 0) is 13.2 Å². The normalized spacial score (nSPS) is 11.0. The summed E-state index contributed by atoms with van der Waals surface area (Å²) in [5, 5.41) is 16.3. The summed E-state index contributed by atoms with van der Waals surface area (Å²) in [6.07, 6.45) is 2.64. The van der Waals surface area contributed by atoms with E-state index in [1.54, 1.807) is 24.4 Å². The Morgan fingerprint density at radius 2 is 2.18 bits per heavy atom. The molecule has 0 bridgehead atoms. The van der Waals surface area contributed by atoms with Crippen LogP contribution in [0.5, 0.6) is 0 Å². The Hall–Kier alpha value is -2.14. The van der Waals surface area contributed by atoms with E-state index in [0.29, 0.717) is 17.2 Å². The fourth-order valence-corrected chi connectivity index (χ4v) is 2.22. The number of nitrogens with zero attached hydrogens (tertiary/aromatic N) is 2. The molecule has 0 saturated carbocycles. The number of amides is 1. The minimum absolute atomic E-state index is 0.0458. The molecule has 0 unspecified atom stereocenters. The molecule has 0 aliphatic rings. The first kappa shape index (κ1) is 16.2. The average Bonchev–Trinajstić information content (AvgIpc) is 2.86. The standard InChI is InChI=1S/C17H23N3O2/c1-12(2)7-8-20-13(3)16(10-18-20)17(22)19-15-6-4-5-14(9-15)11-21/h4-6,9-10,12,21H,7-8,11H2,1-3H3,(H,19,22). The molecule has 1 aromatic heterocycles. The molecule has 0 saturated heterocycles. The number of anilines is 1. The molecular formula is C17H23N3O2. The number of hydrogen-bond donors (Lipinski definition) is 2. The van der Waals surface area contributed by atoms with E-state index in [-0.39, 0.29) is 12.5 Å². The van der Waals surface area contributed by atoms with Gasteiger partial charge in [0.25, 0.3) is 5.91 Å². The first-order chi connectivity index (χ1) is 10.5. The average molecular weight is 301 g/mol. The zero-order valence-corrected chi connectivity index (χ0v) is 13.3. The van der Waals surface area contributed by atoms with Crippen molar-refractivity contribution in [2.45, 2.75) is 40.3 Å². The first-order valence-electron chi connectivity index (χ1n) is 7.54. The van der Waals surface area contributed by atoms with Crippen molar-refractivity contribution in [3.05, 3.63) is 47.3 Å². The van der Waals surface area contributed by atoms with Gasteiger partial charge in [0.05, 0.1) is 18.4 Å². The molecule has 22 heavy (non-hydrogen) atoms. The second-order valence-electron chi connectivity index (χ2n) is 5.86. The summed E-state index contributed by atoms with van der Waals surface area (Å²) in [4.78, 5) is 12.4. The molecule has 2 aromatic rings. The van der Waals surface area contributed by atoms with Gasteiger partial charge in [0, 0.05) is 17.9 Å². The Morgan fingerprint density at radius 1 is 1.41 bits per heavy atom. The molecule has 118 valence electrons. The maximum atomic E-state index is 12.4. The van der Waals surface area contributed by atoms with Gasteiger partial charge in [-0.25, -0.2) is 0 Å². The summed E-state index contributed by atoms with van der Waals surface area (Å²) in [5.74, 6) is 0.422. The van der Waals surface area contributed by atoms with Gasteiger partial charge >= 0.3 is 0 Å². The molecule has 0 aliphatic heterocycles. The Morgan fingerprint density at radius 3 is 2.86 bits per heavy atom. The third kappa shape index (κ3) is 3.95. The third-order valence-corrected chi connectivity index (χ3v) is 3.63. The topological polar surface area (TPSA) is 67.2 Å². The Labute approximate surface area is 131 Å². The fourth-order valence-electron chi connectivity index (χ4n) is 2.22. The van der Waals surface area contributed by atoms with Crippen LogP contribution in [0.2, 0.25) is 0 Å². The van der Waals surface area contributed by atoms with Crippen LogP contribution in [0, 0.1) is 12.8 Å². The van der Waals surface area contributed by atoms with Crippen molar-refractivity contribution in [3.63, 3.8) is 0 Å². The van der Waals surface area contributed by atoms with Crippen molar-refractivity contribution in [2.75, 3.05) is 5.32 Å². The predicted molar refractivity (Wildman–Crippen MR) is 86.7 cm³/mol. The smallest absolute Gasteiger partial charge is 0.259 e. The van der Waals surface area contributed by atoms with Gasteiger partial charge in [0.2, 0.25) is 0 Å². The summed E-state index contributed by atoms with van der Waals surface area (Å²) in [7, 11) is 0. The van der Waals surface area contributed by atoms with Crippen molar-refractivity contribution in [2.24, 2.45) is 5.92 Å². The minimum atomic E-state index is -0.177. The molecule has 1 heterocycles. The molecule has 5 heteroatoms. The predicted octanol–water partition coefficient (Wildman–Crippen LogP) is 2.98. The van der Waals surface area contributed by atoms with Gasteiger partial charge in [-0.05, 0) is 37.0 Å². The van der Waals surface area contributed by atoms with Gasteiger partial charge in [-0.3, -0.25) is 9.48 Å². The van der Waals surface area contributed by atoms with E-state index in [4.69, 9.17) is 5.11 Å². The van der Waals surface area contributed by atoms with E-state index in [1.165, 1.54) is 0 Å². The lowest BCUT2D eigenvalue weighted by atomic mass is 10.1. The lowest BCUT2D eigenvalue weighted by Crippen LogP contribution is -2.14. The third-order valence-electron chi connectivity index (χ3n) is 3.63. The highest BCUT2D eigenvalue weighted by Gasteiger charge is 2.14. The number of aliphatic hydroxyl groups is 1. The summed E-state index contributed by atoms with van der Waals surface area (Å²) in [6, 6.07) is 7.18. The second-order valence-corrected chi connectivity index (χ2v) is 5.86. The molecule has 2 N–H and O–H groups in total. The quantitative estimate of drug-likeness (QED) is 0.862. The molecule has 0 spiro atoms. The van der Waals surface area contributed by atoms with Gasteiger partial charge in [0.1, 0.15) is 0 Å². The summed E-state index contributed by atoms with van der Waals surface area (Å²) < 4.78 is 1.87. The molecule has 1 aromatic carbocycles. The van der Waals surface area contributed by atoms with E-state index in [9.17, 15) is 4.79 Å². The molecule has 0 atom stereocenters. The number of rotatable bonds is 6. The Balaban J connectivity index is 2.09. The van der Waals surface area contributed by atoms with Crippen LogP contribution in [0.4, 0.5) is 5.69 Å². The van der Waals surface area contributed by atoms with Gasteiger partial charge in [-0.15, -0.1) is 0 Å². The molecule has 2 rings (SSSR count). The van der Waals surface area contributed by atoms with Crippen LogP contribution < -0.4 is 5.32 Å². The Bertz CT molecular complexity index is 647. The summed E-state index contributed by atoms with van der Waals surface area (Å²) in [6.45, 7) is 7.01. The molecule has 5 nitrogen and oxygen atoms in total. The van der Waals surface area contributed by atoms with Crippen LogP contribution in [0.25, 0.3) is 0 Å². The van der Waals surface area contributed by atoms with Gasteiger partial charge in [-0.1, -0.05) is 26.0 Å². The summed E-state index contributed by atoms with van der Waals surface area (Å²) >= 11 is 0. The highest BCUT2D eigenvalue weighted by Crippen LogP contribution is 2.15. The van der Waals surface area contributed by atoms with Gasteiger partial charge < -0.3 is 10.4 Å². The van der Waals surface area contributed by atoms with Crippen molar-refractivity contribution in [1.82, 2.24) is 9.78 Å². The lowest BCUT2D eigenvalue weighted by molar-refractivity contribution is 0.102. The maximum Gasteiger partial charge on any atom is 0.259 e. The zero-order valence-electron chi connectivity index (χ0n) is 13.3. The van der Waals surface area contributed by atoms with Gasteiger partial charge in [-0.2, -0.15) is 5.10 Å². The SMILES string of the molecule is Cc1c(C(=O)Nc2cccc(CO)c2)cnn1CCC(C)C. The van der Waals surface area contributed by atoms with E-state index in [2.05, 4.69) is 24.3 Å². The lowest BCUT2D eigenvalue weighted by Gasteiger charge is -2.08.